The van der Waals surface area contributed by atoms with E-state index in [1.54, 1.807) is 91.0 Å². The van der Waals surface area contributed by atoms with Gasteiger partial charge >= 0.3 is 6.18 Å². The van der Waals surface area contributed by atoms with Crippen LogP contribution in [-0.4, -0.2) is 30.7 Å². The van der Waals surface area contributed by atoms with E-state index in [2.05, 4.69) is 31.9 Å². The molecule has 6 rings (SSSR count). The van der Waals surface area contributed by atoms with Gasteiger partial charge in [0.25, 0.3) is 0 Å². The molecule has 318 valence electrons. The van der Waals surface area contributed by atoms with Gasteiger partial charge in [-0.15, -0.1) is 0 Å². The molecule has 0 fully saturated rings. The predicted molar refractivity (Wildman–Crippen MR) is 258 cm³/mol. The van der Waals surface area contributed by atoms with Gasteiger partial charge in [-0.1, -0.05) is 87.8 Å². The fourth-order valence-corrected chi connectivity index (χ4v) is 6.46. The molecule has 0 spiro atoms. The summed E-state index contributed by atoms with van der Waals surface area (Å²) in [5.41, 5.74) is 2.21. The molecule has 0 unspecified atom stereocenters. The zero-order valence-electron chi connectivity index (χ0n) is 30.5. The third kappa shape index (κ3) is 15.9. The number of hydrogen-bond donors (Lipinski definition) is 9. The topological polar surface area (TPSA) is 133 Å². The van der Waals surface area contributed by atoms with Crippen molar-refractivity contribution in [2.24, 2.45) is 0 Å². The summed E-state index contributed by atoms with van der Waals surface area (Å²) in [7, 11) is 0. The number of phenols is 3. The van der Waals surface area contributed by atoms with E-state index in [9.17, 15) is 28.5 Å². The van der Waals surface area contributed by atoms with Gasteiger partial charge in [0.05, 0.1) is 37.7 Å². The number of nitrogens with one attached hydrogen (secondary N) is 6. The first-order valence-electron chi connectivity index (χ1n) is 16.8. The maximum absolute atomic E-state index is 12.5. The first kappa shape index (κ1) is 49.0. The normalized spacial score (nSPS) is 10.4. The van der Waals surface area contributed by atoms with E-state index in [0.717, 1.165) is 17.8 Å². The maximum atomic E-state index is 12.5. The molecule has 0 radical (unpaired) electrons. The number of thiocarbonyl (C=S) groups is 3. The summed E-state index contributed by atoms with van der Waals surface area (Å²) in [5, 5.41) is 49.3. The van der Waals surface area contributed by atoms with Crippen molar-refractivity contribution < 1.29 is 28.5 Å². The van der Waals surface area contributed by atoms with Gasteiger partial charge in [0.15, 0.2) is 32.6 Å². The number of benzene rings is 6. The first-order valence-corrected chi connectivity index (χ1v) is 20.3. The van der Waals surface area contributed by atoms with Crippen LogP contribution in [0.1, 0.15) is 5.56 Å². The highest BCUT2D eigenvalue weighted by molar-refractivity contribution is 7.81. The van der Waals surface area contributed by atoms with Crippen LogP contribution < -0.4 is 31.9 Å². The molecule has 9 N–H and O–H groups in total. The standard InChI is InChI=1S/C14H10ClF3N2OS.C13H9Cl3N2OS.C13H10Cl2N2OS/c15-10-2-1-3-11(12(10)21)20-13(22)19-9-6-4-8(5-7-9)14(16,17)18;14-7-4-8(15)6-9(5-7)17-13(20)18-11-3-1-2-10(16)12(11)19;14-8-4-6-9(7-5-8)16-13(19)17-11-3-1-2-10(15)12(11)18/h1-7,21H,(H2,19,20,22);1-6,19H,(H2,17,18,20);1-7,18H,(H2,16,17,19). The van der Waals surface area contributed by atoms with Crippen molar-refractivity contribution in [3.8, 4) is 17.2 Å². The van der Waals surface area contributed by atoms with Crippen molar-refractivity contribution in [3.05, 3.63) is 157 Å². The lowest BCUT2D eigenvalue weighted by atomic mass is 10.2. The predicted octanol–water partition coefficient (Wildman–Crippen LogP) is 14.5. The molecule has 21 heteroatoms. The molecule has 0 aliphatic carbocycles. The summed E-state index contributed by atoms with van der Waals surface area (Å²) in [5.74, 6) is -0.271. The van der Waals surface area contributed by atoms with Gasteiger partial charge in [-0.05, 0) is 140 Å². The highest BCUT2D eigenvalue weighted by Crippen LogP contribution is 2.34. The smallest absolute Gasteiger partial charge is 0.416 e. The summed E-state index contributed by atoms with van der Waals surface area (Å²) in [6, 6.07) is 31.1. The number of hydrogen-bond acceptors (Lipinski definition) is 6. The Balaban J connectivity index is 0.000000202. The van der Waals surface area contributed by atoms with Crippen LogP contribution in [0.15, 0.2) is 121 Å². The van der Waals surface area contributed by atoms with Gasteiger partial charge in [-0.2, -0.15) is 13.2 Å². The van der Waals surface area contributed by atoms with Gasteiger partial charge in [0, 0.05) is 32.1 Å². The van der Waals surface area contributed by atoms with Crippen molar-refractivity contribution in [3.63, 3.8) is 0 Å². The Morgan fingerprint density at radius 3 is 1.08 bits per heavy atom. The lowest BCUT2D eigenvalue weighted by Crippen LogP contribution is -2.19. The maximum Gasteiger partial charge on any atom is 0.416 e. The molecule has 0 aliphatic rings. The summed E-state index contributed by atoms with van der Waals surface area (Å²) in [6.07, 6.45) is -4.39. The summed E-state index contributed by atoms with van der Waals surface area (Å²) >= 11 is 50.3. The van der Waals surface area contributed by atoms with Crippen molar-refractivity contribution in [1.29, 1.82) is 0 Å². The Kier molecular flexibility index (Phi) is 18.4. The van der Waals surface area contributed by atoms with Crippen LogP contribution in [0.2, 0.25) is 30.1 Å². The van der Waals surface area contributed by atoms with E-state index in [-0.39, 0.29) is 48.2 Å². The van der Waals surface area contributed by atoms with E-state index >= 15 is 0 Å². The molecule has 0 saturated heterocycles. The molecule has 6 aromatic rings. The van der Waals surface area contributed by atoms with Crippen LogP contribution in [0, 0.1) is 0 Å². The summed E-state index contributed by atoms with van der Waals surface area (Å²) < 4.78 is 37.4. The Labute approximate surface area is 393 Å². The number of anilines is 6. The first-order chi connectivity index (χ1) is 28.8. The van der Waals surface area contributed by atoms with Gasteiger partial charge in [0.2, 0.25) is 0 Å². The van der Waals surface area contributed by atoms with Gasteiger partial charge < -0.3 is 47.2 Å². The molecule has 61 heavy (non-hydrogen) atoms. The van der Waals surface area contributed by atoms with Gasteiger partial charge in [-0.3, -0.25) is 0 Å². The second-order valence-electron chi connectivity index (χ2n) is 11.9. The van der Waals surface area contributed by atoms with Crippen LogP contribution in [0.3, 0.4) is 0 Å². The highest BCUT2D eigenvalue weighted by Gasteiger charge is 2.30. The molecule has 0 heterocycles. The molecule has 0 aromatic heterocycles. The third-order valence-corrected chi connectivity index (χ3v) is 9.61. The molecular weight excluding hydrogens is 978 g/mol. The van der Waals surface area contributed by atoms with Crippen LogP contribution in [-0.2, 0) is 6.18 Å². The van der Waals surface area contributed by atoms with Crippen molar-refractivity contribution in [2.45, 2.75) is 6.18 Å². The molecule has 0 bridgehead atoms. The van der Waals surface area contributed by atoms with Crippen molar-refractivity contribution in [2.75, 3.05) is 31.9 Å². The van der Waals surface area contributed by atoms with Gasteiger partial charge in [-0.25, -0.2) is 0 Å². The number of halogens is 9. The number of para-hydroxylation sites is 3. The summed E-state index contributed by atoms with van der Waals surface area (Å²) in [4.78, 5) is 0. The number of aromatic hydroxyl groups is 3. The third-order valence-electron chi connectivity index (χ3n) is 7.40. The number of phenolic OH excluding ortho intramolecular Hbond substituents is 3. The molecule has 0 saturated carbocycles. The summed E-state index contributed by atoms with van der Waals surface area (Å²) in [6.45, 7) is 0. The molecule has 0 atom stereocenters. The minimum atomic E-state index is -4.39. The number of alkyl halides is 3. The molecule has 6 aromatic carbocycles. The Morgan fingerprint density at radius 2 is 0.738 bits per heavy atom. The van der Waals surface area contributed by atoms with Gasteiger partial charge in [0.1, 0.15) is 0 Å². The minimum Gasteiger partial charge on any atom is -0.504 e. The molecule has 0 amide bonds. The van der Waals surface area contributed by atoms with Crippen LogP contribution in [0.25, 0.3) is 0 Å². The lowest BCUT2D eigenvalue weighted by molar-refractivity contribution is -0.137. The highest BCUT2D eigenvalue weighted by atomic mass is 35.5. The van der Waals surface area contributed by atoms with E-state index in [4.69, 9.17) is 106 Å². The fraction of sp³-hybridized carbons (Fsp3) is 0.0250. The average Bonchev–Trinajstić information content (AvgIpc) is 3.18. The molecule has 9 nitrogen and oxygen atoms in total. The molecular formula is C40H29Cl6F3N6O3S3. The van der Waals surface area contributed by atoms with E-state index < -0.39 is 11.7 Å². The molecule has 0 aliphatic heterocycles. The SMILES string of the molecule is Oc1c(Cl)cccc1NC(=S)Nc1cc(Cl)cc(Cl)c1.Oc1c(Cl)cccc1NC(=S)Nc1ccc(C(F)(F)F)cc1.Oc1c(Cl)cccc1NC(=S)Nc1ccc(Cl)cc1. The second kappa shape index (κ2) is 23.0. The van der Waals surface area contributed by atoms with E-state index in [1.807, 2.05) is 0 Å². The van der Waals surface area contributed by atoms with E-state index in [0.29, 0.717) is 42.9 Å². The fourth-order valence-electron chi connectivity index (χ4n) is 4.60. The largest absolute Gasteiger partial charge is 0.504 e. The zero-order chi connectivity index (χ0) is 44.9. The Morgan fingerprint density at radius 1 is 0.410 bits per heavy atom. The minimum absolute atomic E-state index is 0.0376. The Hall–Kier alpha value is -4.68. The van der Waals surface area contributed by atoms with E-state index in [1.165, 1.54) is 18.2 Å². The monoisotopic (exact) mass is 1000 g/mol. The van der Waals surface area contributed by atoms with Crippen LogP contribution in [0.5, 0.6) is 17.2 Å². The van der Waals surface area contributed by atoms with Crippen LogP contribution in [0.4, 0.5) is 47.3 Å². The van der Waals surface area contributed by atoms with Crippen LogP contribution >= 0.6 is 106 Å². The second-order valence-corrected chi connectivity index (χ2v) is 15.6. The zero-order valence-corrected chi connectivity index (χ0v) is 37.5. The lowest BCUT2D eigenvalue weighted by Gasteiger charge is -2.13. The Bertz CT molecular complexity index is 2490. The quantitative estimate of drug-likeness (QED) is 0.0581. The van der Waals surface area contributed by atoms with Crippen molar-refractivity contribution >= 4 is 156 Å². The van der Waals surface area contributed by atoms with Crippen molar-refractivity contribution in [1.82, 2.24) is 0 Å². The number of rotatable bonds is 6. The average molecular weight is 1010 g/mol.